The first-order chi connectivity index (χ1) is 17.8. The summed E-state index contributed by atoms with van der Waals surface area (Å²) in [5, 5.41) is 16.9. The normalized spacial score (nSPS) is 21.9. The van der Waals surface area contributed by atoms with Gasteiger partial charge < -0.3 is 25.2 Å². The van der Waals surface area contributed by atoms with Gasteiger partial charge in [0.1, 0.15) is 0 Å². The number of nitrogens with one attached hydrogen (secondary N) is 2. The fourth-order valence-electron chi connectivity index (χ4n) is 5.85. The minimum Gasteiger partial charge on any atom is -0.394 e. The molecule has 10 nitrogen and oxygen atoms in total. The summed E-state index contributed by atoms with van der Waals surface area (Å²) in [6.07, 6.45) is 11.8. The summed E-state index contributed by atoms with van der Waals surface area (Å²) in [5.41, 5.74) is 3.62. The third-order valence-corrected chi connectivity index (χ3v) is 7.91. The summed E-state index contributed by atoms with van der Waals surface area (Å²) < 4.78 is 2.24. The summed E-state index contributed by atoms with van der Waals surface area (Å²) in [6.45, 7) is 6.02. The van der Waals surface area contributed by atoms with Gasteiger partial charge in [-0.3, -0.25) is 9.88 Å². The molecule has 0 amide bonds. The molecule has 3 N–H and O–H groups in total. The molecule has 10 heteroatoms. The van der Waals surface area contributed by atoms with Crippen molar-refractivity contribution in [1.82, 2.24) is 34.7 Å². The van der Waals surface area contributed by atoms with Crippen LogP contribution in [0.15, 0.2) is 24.7 Å². The summed E-state index contributed by atoms with van der Waals surface area (Å²) in [4.78, 5) is 24.0. The molecule has 0 bridgehead atoms. The number of piperidine rings is 1. The lowest BCUT2D eigenvalue weighted by Gasteiger charge is -2.34. The number of pyridine rings is 1. The molecule has 1 atom stereocenters. The number of nitrogens with zero attached hydrogens (tertiary/aromatic N) is 7. The highest BCUT2D eigenvalue weighted by Crippen LogP contribution is 2.34. The predicted octanol–water partition coefficient (Wildman–Crippen LogP) is 2.84. The van der Waals surface area contributed by atoms with Gasteiger partial charge >= 0.3 is 0 Å². The van der Waals surface area contributed by atoms with E-state index in [4.69, 9.17) is 19.9 Å². The van der Waals surface area contributed by atoms with Gasteiger partial charge in [-0.05, 0) is 44.2 Å². The van der Waals surface area contributed by atoms with E-state index in [-0.39, 0.29) is 12.6 Å². The van der Waals surface area contributed by atoms with Crippen molar-refractivity contribution in [3.05, 3.63) is 30.4 Å². The molecule has 1 saturated carbocycles. The molecule has 3 aromatic heterocycles. The molecule has 2 saturated heterocycles. The average Bonchev–Trinajstić information content (AvgIpc) is 3.60. The van der Waals surface area contributed by atoms with Crippen LogP contribution < -0.4 is 15.5 Å². The number of aromatic nitrogens is 5. The zero-order valence-corrected chi connectivity index (χ0v) is 20.9. The summed E-state index contributed by atoms with van der Waals surface area (Å²) in [5.74, 6) is 1.37. The second-order valence-corrected chi connectivity index (χ2v) is 10.3. The molecule has 6 rings (SSSR count). The van der Waals surface area contributed by atoms with Crippen molar-refractivity contribution < 1.29 is 5.11 Å². The molecule has 1 unspecified atom stereocenters. The maximum atomic E-state index is 10.0. The van der Waals surface area contributed by atoms with Gasteiger partial charge in [0.2, 0.25) is 5.95 Å². The first-order valence-corrected chi connectivity index (χ1v) is 13.6. The first kappa shape index (κ1) is 23.6. The zero-order chi connectivity index (χ0) is 24.3. The average molecular weight is 492 g/mol. The second-order valence-electron chi connectivity index (χ2n) is 10.3. The third kappa shape index (κ3) is 4.89. The Labute approximate surface area is 212 Å². The molecule has 5 heterocycles. The number of hydrogen-bond acceptors (Lipinski definition) is 9. The number of imidazole rings is 1. The van der Waals surface area contributed by atoms with E-state index in [1.807, 2.05) is 12.5 Å². The van der Waals surface area contributed by atoms with Crippen LogP contribution in [-0.2, 0) is 6.54 Å². The van der Waals surface area contributed by atoms with Crippen LogP contribution >= 0.6 is 0 Å². The SMILES string of the molecule is OCC1CCCCN1c1nc(Nc2ccc(CN3CCNCC3)nc2)c2ncn(C3CCCC3)c2n1. The highest BCUT2D eigenvalue weighted by molar-refractivity contribution is 5.86. The molecule has 0 aromatic carbocycles. The van der Waals surface area contributed by atoms with Crippen molar-refractivity contribution in [3.8, 4) is 0 Å². The Bertz CT molecular complexity index is 1150. The molecule has 192 valence electrons. The maximum Gasteiger partial charge on any atom is 0.229 e. The van der Waals surface area contributed by atoms with Crippen LogP contribution in [0.25, 0.3) is 11.2 Å². The van der Waals surface area contributed by atoms with E-state index in [0.717, 1.165) is 93.9 Å². The van der Waals surface area contributed by atoms with E-state index in [0.29, 0.717) is 17.8 Å². The van der Waals surface area contributed by atoms with Crippen LogP contribution in [0.1, 0.15) is 56.7 Å². The van der Waals surface area contributed by atoms with Crippen LogP contribution in [0.2, 0.25) is 0 Å². The number of rotatable bonds is 7. The molecule has 0 spiro atoms. The van der Waals surface area contributed by atoms with E-state index in [1.54, 1.807) is 0 Å². The van der Waals surface area contributed by atoms with Crippen molar-refractivity contribution in [3.63, 3.8) is 0 Å². The predicted molar refractivity (Wildman–Crippen MR) is 141 cm³/mol. The van der Waals surface area contributed by atoms with Gasteiger partial charge in [0.15, 0.2) is 17.0 Å². The van der Waals surface area contributed by atoms with Gasteiger partial charge in [-0.2, -0.15) is 9.97 Å². The first-order valence-electron chi connectivity index (χ1n) is 13.6. The number of fused-ring (bicyclic) bond motifs is 1. The summed E-state index contributed by atoms with van der Waals surface area (Å²) >= 11 is 0. The molecule has 2 aliphatic heterocycles. The number of aliphatic hydroxyl groups excluding tert-OH is 1. The van der Waals surface area contributed by atoms with Gasteiger partial charge in [0.05, 0.1) is 36.6 Å². The summed E-state index contributed by atoms with van der Waals surface area (Å²) in [6, 6.07) is 4.65. The van der Waals surface area contributed by atoms with E-state index in [2.05, 4.69) is 37.1 Å². The Hall–Kier alpha value is -2.82. The van der Waals surface area contributed by atoms with Crippen LogP contribution in [0, 0.1) is 0 Å². The van der Waals surface area contributed by atoms with E-state index >= 15 is 0 Å². The van der Waals surface area contributed by atoms with Crippen molar-refractivity contribution in [2.24, 2.45) is 0 Å². The second kappa shape index (κ2) is 10.7. The number of piperazine rings is 1. The van der Waals surface area contributed by atoms with E-state index in [9.17, 15) is 5.11 Å². The molecule has 1 aliphatic carbocycles. The fourth-order valence-corrected chi connectivity index (χ4v) is 5.85. The minimum atomic E-state index is 0.0536. The standard InChI is InChI=1S/C26H37N9O/c36-17-22-7-3-4-12-34(22)26-31-24(23-25(32-26)35(18-29-23)21-5-1-2-6-21)30-19-8-9-20(28-15-19)16-33-13-10-27-11-14-33/h8-9,15,18,21-22,27,36H,1-7,10-14,16-17H2,(H,30,31,32). The highest BCUT2D eigenvalue weighted by Gasteiger charge is 2.27. The smallest absolute Gasteiger partial charge is 0.229 e. The lowest BCUT2D eigenvalue weighted by Crippen LogP contribution is -2.43. The fraction of sp³-hybridized carbons (Fsp3) is 0.615. The van der Waals surface area contributed by atoms with Gasteiger partial charge in [0, 0.05) is 45.3 Å². The van der Waals surface area contributed by atoms with Crippen LogP contribution in [-0.4, -0.2) is 79.9 Å². The number of anilines is 3. The van der Waals surface area contributed by atoms with E-state index in [1.165, 1.54) is 12.8 Å². The zero-order valence-electron chi connectivity index (χ0n) is 20.9. The highest BCUT2D eigenvalue weighted by atomic mass is 16.3. The molecule has 36 heavy (non-hydrogen) atoms. The largest absolute Gasteiger partial charge is 0.394 e. The summed E-state index contributed by atoms with van der Waals surface area (Å²) in [7, 11) is 0. The topological polar surface area (TPSA) is 107 Å². The van der Waals surface area contributed by atoms with Gasteiger partial charge in [-0.15, -0.1) is 0 Å². The van der Waals surface area contributed by atoms with Crippen LogP contribution in [0.5, 0.6) is 0 Å². The Morgan fingerprint density at radius 1 is 0.972 bits per heavy atom. The lowest BCUT2D eigenvalue weighted by molar-refractivity contribution is 0.231. The Morgan fingerprint density at radius 2 is 1.81 bits per heavy atom. The lowest BCUT2D eigenvalue weighted by atomic mass is 10.0. The van der Waals surface area contributed by atoms with Crippen molar-refractivity contribution in [1.29, 1.82) is 0 Å². The van der Waals surface area contributed by atoms with Gasteiger partial charge in [0.25, 0.3) is 0 Å². The van der Waals surface area contributed by atoms with Crippen molar-refractivity contribution >= 4 is 28.6 Å². The third-order valence-electron chi connectivity index (χ3n) is 7.91. The van der Waals surface area contributed by atoms with Crippen LogP contribution in [0.4, 0.5) is 17.5 Å². The molecular formula is C26H37N9O. The maximum absolute atomic E-state index is 10.0. The van der Waals surface area contributed by atoms with E-state index < -0.39 is 0 Å². The Morgan fingerprint density at radius 3 is 2.58 bits per heavy atom. The number of aliphatic hydroxyl groups is 1. The van der Waals surface area contributed by atoms with Crippen molar-refractivity contribution in [2.75, 3.05) is 49.5 Å². The molecule has 3 fully saturated rings. The van der Waals surface area contributed by atoms with Crippen molar-refractivity contribution in [2.45, 2.75) is 63.6 Å². The minimum absolute atomic E-state index is 0.0536. The molecule has 3 aromatic rings. The monoisotopic (exact) mass is 491 g/mol. The van der Waals surface area contributed by atoms with Crippen LogP contribution in [0.3, 0.4) is 0 Å². The van der Waals surface area contributed by atoms with Gasteiger partial charge in [-0.25, -0.2) is 4.98 Å². The number of hydrogen-bond donors (Lipinski definition) is 3. The van der Waals surface area contributed by atoms with Gasteiger partial charge in [-0.1, -0.05) is 12.8 Å². The quantitative estimate of drug-likeness (QED) is 0.460. The Kier molecular flexibility index (Phi) is 6.98. The Balaban J connectivity index is 1.30. The molecule has 3 aliphatic rings. The molecule has 0 radical (unpaired) electrons. The molecular weight excluding hydrogens is 454 g/mol.